The Morgan fingerprint density at radius 1 is 1.35 bits per heavy atom. The Morgan fingerprint density at radius 2 is 1.95 bits per heavy atom. The molecule has 0 saturated heterocycles. The minimum Gasteiger partial charge on any atom is -0.480 e. The summed E-state index contributed by atoms with van der Waals surface area (Å²) in [4.78, 5) is 11.9. The summed E-state index contributed by atoms with van der Waals surface area (Å²) < 4.78 is 26.9. The molecule has 0 unspecified atom stereocenters. The lowest BCUT2D eigenvalue weighted by Gasteiger charge is -2.17. The molecule has 0 amide bonds. The molecular formula is C13H19NO4S2. The van der Waals surface area contributed by atoms with Gasteiger partial charge in [-0.15, -0.1) is 11.8 Å². The molecule has 0 aromatic heterocycles. The Hall–Kier alpha value is -1.05. The van der Waals surface area contributed by atoms with Gasteiger partial charge in [-0.05, 0) is 30.7 Å². The van der Waals surface area contributed by atoms with E-state index in [0.717, 1.165) is 0 Å². The van der Waals surface area contributed by atoms with Gasteiger partial charge in [-0.3, -0.25) is 4.79 Å². The van der Waals surface area contributed by atoms with Gasteiger partial charge in [-0.25, -0.2) is 8.42 Å². The molecule has 112 valence electrons. The third-order valence-corrected chi connectivity index (χ3v) is 5.12. The molecule has 2 N–H and O–H groups in total. The van der Waals surface area contributed by atoms with Crippen molar-refractivity contribution in [3.05, 3.63) is 24.3 Å². The van der Waals surface area contributed by atoms with Gasteiger partial charge in [0.05, 0.1) is 4.90 Å². The van der Waals surface area contributed by atoms with Crippen molar-refractivity contribution >= 4 is 27.8 Å². The van der Waals surface area contributed by atoms with Gasteiger partial charge in [0.2, 0.25) is 10.0 Å². The number of carboxylic acid groups (broad SMARTS) is 1. The number of benzene rings is 1. The molecule has 1 aromatic rings. The minimum absolute atomic E-state index is 0.0783. The fraction of sp³-hybridized carbons (Fsp3) is 0.462. The highest BCUT2D eigenvalue weighted by atomic mass is 32.2. The molecule has 0 aliphatic heterocycles. The molecule has 0 bridgehead atoms. The molecule has 0 fully saturated rings. The summed E-state index contributed by atoms with van der Waals surface area (Å²) in [5.74, 6) is -1.08. The quantitative estimate of drug-likeness (QED) is 0.753. The maximum Gasteiger partial charge on any atom is 0.321 e. The fourth-order valence-electron chi connectivity index (χ4n) is 1.76. The van der Waals surface area contributed by atoms with Crippen LogP contribution < -0.4 is 4.72 Å². The summed E-state index contributed by atoms with van der Waals surface area (Å²) >= 11 is 1.31. The molecule has 0 radical (unpaired) electrons. The first-order valence-corrected chi connectivity index (χ1v) is 8.87. The van der Waals surface area contributed by atoms with E-state index < -0.39 is 22.0 Å². The number of sulfonamides is 1. The lowest BCUT2D eigenvalue weighted by Crippen LogP contribution is -2.41. The molecule has 7 heteroatoms. The van der Waals surface area contributed by atoms with E-state index in [9.17, 15) is 13.2 Å². The topological polar surface area (TPSA) is 83.5 Å². The van der Waals surface area contributed by atoms with E-state index in [1.54, 1.807) is 24.5 Å². The molecule has 0 aliphatic carbocycles. The molecule has 1 aromatic carbocycles. The Balaban J connectivity index is 3.07. The summed E-state index contributed by atoms with van der Waals surface area (Å²) in [5.41, 5.74) is 0. The van der Waals surface area contributed by atoms with E-state index in [-0.39, 0.29) is 17.2 Å². The number of carboxylic acids is 1. The van der Waals surface area contributed by atoms with E-state index >= 15 is 0 Å². The van der Waals surface area contributed by atoms with Crippen LogP contribution in [0, 0.1) is 5.92 Å². The third kappa shape index (κ3) is 4.50. The Morgan fingerprint density at radius 3 is 2.45 bits per heavy atom. The first-order chi connectivity index (χ1) is 9.27. The largest absolute Gasteiger partial charge is 0.480 e. The third-order valence-electron chi connectivity index (χ3n) is 2.66. The molecular weight excluding hydrogens is 298 g/mol. The fourth-order valence-corrected chi connectivity index (χ4v) is 4.11. The van der Waals surface area contributed by atoms with Gasteiger partial charge < -0.3 is 5.11 Å². The Labute approximate surface area is 123 Å². The van der Waals surface area contributed by atoms with Crippen LogP contribution in [-0.2, 0) is 14.8 Å². The molecule has 20 heavy (non-hydrogen) atoms. The van der Waals surface area contributed by atoms with Crippen LogP contribution >= 0.6 is 11.8 Å². The summed E-state index contributed by atoms with van der Waals surface area (Å²) in [6.45, 7) is 3.69. The molecule has 0 heterocycles. The monoisotopic (exact) mass is 317 g/mol. The summed E-state index contributed by atoms with van der Waals surface area (Å²) in [7, 11) is -3.84. The van der Waals surface area contributed by atoms with Crippen LogP contribution in [0.3, 0.4) is 0 Å². The van der Waals surface area contributed by atoms with Gasteiger partial charge in [0, 0.05) is 4.90 Å². The molecule has 0 spiro atoms. The maximum atomic E-state index is 12.3. The number of carbonyl (C=O) groups is 1. The van der Waals surface area contributed by atoms with E-state index in [0.29, 0.717) is 4.90 Å². The highest BCUT2D eigenvalue weighted by Crippen LogP contribution is 2.24. The number of aliphatic carboxylic acids is 1. The predicted molar refractivity (Wildman–Crippen MR) is 79.4 cm³/mol. The standard InChI is InChI=1S/C13H19NO4S2/c1-9(2)8-10(13(15)16)14-20(17,18)12-7-5-4-6-11(12)19-3/h4-7,9-10,14H,8H2,1-3H3,(H,15,16)/t10-/m1/s1. The summed E-state index contributed by atoms with van der Waals surface area (Å²) in [6.07, 6.45) is 2.02. The van der Waals surface area contributed by atoms with Crippen LogP contribution in [-0.4, -0.2) is 31.8 Å². The van der Waals surface area contributed by atoms with Gasteiger partial charge in [-0.1, -0.05) is 26.0 Å². The van der Waals surface area contributed by atoms with Gasteiger partial charge in [0.25, 0.3) is 0 Å². The zero-order valence-corrected chi connectivity index (χ0v) is 13.3. The van der Waals surface area contributed by atoms with E-state index in [1.807, 2.05) is 13.8 Å². The van der Waals surface area contributed by atoms with Crippen molar-refractivity contribution in [2.24, 2.45) is 5.92 Å². The van der Waals surface area contributed by atoms with Crippen molar-refractivity contribution in [2.45, 2.75) is 36.1 Å². The van der Waals surface area contributed by atoms with Crippen molar-refractivity contribution in [3.63, 3.8) is 0 Å². The Bertz CT molecular complexity index is 569. The Kier molecular flexibility index (Phi) is 6.04. The molecule has 5 nitrogen and oxygen atoms in total. The van der Waals surface area contributed by atoms with Crippen LogP contribution in [0.4, 0.5) is 0 Å². The van der Waals surface area contributed by atoms with Crippen molar-refractivity contribution in [2.75, 3.05) is 6.26 Å². The van der Waals surface area contributed by atoms with E-state index in [4.69, 9.17) is 5.11 Å². The highest BCUT2D eigenvalue weighted by molar-refractivity contribution is 7.99. The first-order valence-electron chi connectivity index (χ1n) is 6.16. The SMILES string of the molecule is CSc1ccccc1S(=O)(=O)N[C@H](CC(C)C)C(=O)O. The number of nitrogens with one attached hydrogen (secondary N) is 1. The number of hydrogen-bond donors (Lipinski definition) is 2. The second-order valence-electron chi connectivity index (χ2n) is 4.79. The second-order valence-corrected chi connectivity index (χ2v) is 7.32. The van der Waals surface area contributed by atoms with E-state index in [1.165, 1.54) is 17.8 Å². The van der Waals surface area contributed by atoms with Crippen molar-refractivity contribution < 1.29 is 18.3 Å². The number of hydrogen-bond acceptors (Lipinski definition) is 4. The van der Waals surface area contributed by atoms with Crippen LogP contribution in [0.5, 0.6) is 0 Å². The maximum absolute atomic E-state index is 12.3. The van der Waals surface area contributed by atoms with Crippen LogP contribution in [0.15, 0.2) is 34.1 Å². The van der Waals surface area contributed by atoms with Crippen molar-refractivity contribution in [1.82, 2.24) is 4.72 Å². The summed E-state index contributed by atoms with van der Waals surface area (Å²) in [5, 5.41) is 9.13. The molecule has 1 rings (SSSR count). The number of rotatable bonds is 7. The zero-order chi connectivity index (χ0) is 15.3. The zero-order valence-electron chi connectivity index (χ0n) is 11.7. The summed E-state index contributed by atoms with van der Waals surface area (Å²) in [6, 6.07) is 5.41. The van der Waals surface area contributed by atoms with Gasteiger partial charge in [0.15, 0.2) is 0 Å². The average Bonchev–Trinajstić information content (AvgIpc) is 2.37. The lowest BCUT2D eigenvalue weighted by molar-refractivity contribution is -0.139. The second kappa shape index (κ2) is 7.10. The van der Waals surface area contributed by atoms with Crippen LogP contribution in [0.25, 0.3) is 0 Å². The molecule has 1 atom stereocenters. The van der Waals surface area contributed by atoms with E-state index in [2.05, 4.69) is 4.72 Å². The smallest absolute Gasteiger partial charge is 0.321 e. The average molecular weight is 317 g/mol. The number of thioether (sulfide) groups is 1. The van der Waals surface area contributed by atoms with Crippen LogP contribution in [0.1, 0.15) is 20.3 Å². The lowest BCUT2D eigenvalue weighted by atomic mass is 10.1. The van der Waals surface area contributed by atoms with Crippen molar-refractivity contribution in [3.8, 4) is 0 Å². The van der Waals surface area contributed by atoms with Gasteiger partial charge in [0.1, 0.15) is 6.04 Å². The highest BCUT2D eigenvalue weighted by Gasteiger charge is 2.27. The molecule has 0 saturated carbocycles. The van der Waals surface area contributed by atoms with Gasteiger partial charge in [-0.2, -0.15) is 4.72 Å². The minimum atomic E-state index is -3.84. The predicted octanol–water partition coefficient (Wildman–Crippen LogP) is 2.19. The first kappa shape index (κ1) is 17.0. The van der Waals surface area contributed by atoms with Crippen LogP contribution in [0.2, 0.25) is 0 Å². The normalized spacial score (nSPS) is 13.4. The van der Waals surface area contributed by atoms with Crippen molar-refractivity contribution in [1.29, 1.82) is 0 Å². The molecule has 0 aliphatic rings. The van der Waals surface area contributed by atoms with Gasteiger partial charge >= 0.3 is 5.97 Å².